The molecule has 0 spiro atoms. The minimum Gasteiger partial charge on any atom is -0.466 e. The van der Waals surface area contributed by atoms with Crippen molar-refractivity contribution in [1.82, 2.24) is 10.3 Å². The van der Waals surface area contributed by atoms with Crippen molar-refractivity contribution in [2.45, 2.75) is 6.92 Å². The number of hydrogen-bond donors (Lipinski definition) is 1. The second-order valence-electron chi connectivity index (χ2n) is 5.85. The predicted octanol–water partition coefficient (Wildman–Crippen LogP) is 5.24. The zero-order valence-corrected chi connectivity index (χ0v) is 18.0. The lowest BCUT2D eigenvalue weighted by molar-refractivity contribution is 0.0506. The minimum absolute atomic E-state index is 0.199. The fraction of sp³-hybridized carbons (Fsp3) is 0.200. The molecular weight excluding hydrogens is 444 g/mol. The molecule has 6 nitrogen and oxygen atoms in total. The highest BCUT2D eigenvalue weighted by Gasteiger charge is 2.10. The first-order valence-corrected chi connectivity index (χ1v) is 10.0. The quantitative estimate of drug-likeness (QED) is 0.507. The maximum absolute atomic E-state index is 11.5. The number of benzene rings is 2. The average Bonchev–Trinajstić information content (AvgIpc) is 3.07. The third kappa shape index (κ3) is 4.89. The lowest BCUT2D eigenvalue weighted by Crippen LogP contribution is -2.22. The fourth-order valence-corrected chi connectivity index (χ4v) is 3.83. The SMILES string of the molecule is CNC(=O)Oc1cc2sc(C=Cc3ccc(OCOC)c(Br)c3)nc2cc1C. The summed E-state index contributed by atoms with van der Waals surface area (Å²) in [7, 11) is 3.11. The van der Waals surface area contributed by atoms with Crippen molar-refractivity contribution in [2.75, 3.05) is 21.0 Å². The Bertz CT molecular complexity index is 1030. The molecule has 0 aliphatic carbocycles. The molecule has 0 saturated heterocycles. The van der Waals surface area contributed by atoms with Crippen LogP contribution < -0.4 is 14.8 Å². The second kappa shape index (κ2) is 9.18. The zero-order valence-electron chi connectivity index (χ0n) is 15.6. The van der Waals surface area contributed by atoms with E-state index in [1.165, 1.54) is 18.4 Å². The van der Waals surface area contributed by atoms with Crippen molar-refractivity contribution in [1.29, 1.82) is 0 Å². The van der Waals surface area contributed by atoms with Crippen molar-refractivity contribution < 1.29 is 19.0 Å². The van der Waals surface area contributed by atoms with E-state index in [0.717, 1.165) is 36.6 Å². The standard InChI is InChI=1S/C20H19BrN2O4S/c1-12-8-15-18(10-17(12)27-20(24)22-2)28-19(23-15)7-5-13-4-6-16(14(21)9-13)26-11-25-3/h4-10H,11H2,1-3H3,(H,22,24). The van der Waals surface area contributed by atoms with Crippen LogP contribution in [0.3, 0.4) is 0 Å². The molecule has 0 aliphatic rings. The van der Waals surface area contributed by atoms with Gasteiger partial charge in [-0.3, -0.25) is 0 Å². The van der Waals surface area contributed by atoms with E-state index >= 15 is 0 Å². The predicted molar refractivity (Wildman–Crippen MR) is 115 cm³/mol. The average molecular weight is 463 g/mol. The highest BCUT2D eigenvalue weighted by molar-refractivity contribution is 9.10. The molecule has 1 heterocycles. The molecule has 3 aromatic rings. The van der Waals surface area contributed by atoms with Gasteiger partial charge in [-0.2, -0.15) is 0 Å². The first kappa shape index (κ1) is 20.3. The van der Waals surface area contributed by atoms with E-state index in [-0.39, 0.29) is 6.79 Å². The number of carbonyl (C=O) groups excluding carboxylic acids is 1. The van der Waals surface area contributed by atoms with Crippen LogP contribution in [0.5, 0.6) is 11.5 Å². The zero-order chi connectivity index (χ0) is 20.1. The molecule has 2 aromatic carbocycles. The normalized spacial score (nSPS) is 11.1. The van der Waals surface area contributed by atoms with Crippen LogP contribution in [0.25, 0.3) is 22.4 Å². The number of nitrogens with one attached hydrogen (secondary N) is 1. The molecule has 0 aliphatic heterocycles. The van der Waals surface area contributed by atoms with Gasteiger partial charge in [-0.15, -0.1) is 11.3 Å². The Morgan fingerprint density at radius 3 is 2.79 bits per heavy atom. The molecule has 0 radical (unpaired) electrons. The summed E-state index contributed by atoms with van der Waals surface area (Å²) >= 11 is 5.03. The van der Waals surface area contributed by atoms with Gasteiger partial charge in [-0.25, -0.2) is 9.78 Å². The molecule has 1 amide bonds. The number of ether oxygens (including phenoxy) is 3. The van der Waals surface area contributed by atoms with Crippen LogP contribution in [-0.4, -0.2) is 32.0 Å². The summed E-state index contributed by atoms with van der Waals surface area (Å²) in [6, 6.07) is 9.56. The Morgan fingerprint density at radius 2 is 2.07 bits per heavy atom. The van der Waals surface area contributed by atoms with E-state index in [4.69, 9.17) is 14.2 Å². The summed E-state index contributed by atoms with van der Waals surface area (Å²) in [4.78, 5) is 16.1. The Hall–Kier alpha value is -2.42. The molecule has 0 unspecified atom stereocenters. The number of hydrogen-bond acceptors (Lipinski definition) is 6. The largest absolute Gasteiger partial charge is 0.466 e. The number of amides is 1. The highest BCUT2D eigenvalue weighted by Crippen LogP contribution is 2.31. The number of methoxy groups -OCH3 is 1. The second-order valence-corrected chi connectivity index (χ2v) is 7.77. The summed E-state index contributed by atoms with van der Waals surface area (Å²) in [6.07, 6.45) is 3.45. The van der Waals surface area contributed by atoms with Crippen LogP contribution >= 0.6 is 27.3 Å². The molecule has 28 heavy (non-hydrogen) atoms. The van der Waals surface area contributed by atoms with E-state index in [1.54, 1.807) is 7.11 Å². The molecule has 146 valence electrons. The van der Waals surface area contributed by atoms with Crippen LogP contribution in [0.2, 0.25) is 0 Å². The van der Waals surface area contributed by atoms with Gasteiger partial charge in [-0.05, 0) is 58.3 Å². The van der Waals surface area contributed by atoms with E-state index in [2.05, 4.69) is 26.2 Å². The smallest absolute Gasteiger partial charge is 0.412 e. The van der Waals surface area contributed by atoms with Gasteiger partial charge in [-0.1, -0.05) is 12.1 Å². The van der Waals surface area contributed by atoms with Gasteiger partial charge in [0.1, 0.15) is 16.5 Å². The van der Waals surface area contributed by atoms with Crippen molar-refractivity contribution in [2.24, 2.45) is 0 Å². The van der Waals surface area contributed by atoms with Crippen molar-refractivity contribution in [3.63, 3.8) is 0 Å². The summed E-state index contributed by atoms with van der Waals surface area (Å²) in [5.41, 5.74) is 2.74. The van der Waals surface area contributed by atoms with Gasteiger partial charge < -0.3 is 19.5 Å². The number of nitrogens with zero attached hydrogens (tertiary/aromatic N) is 1. The Kier molecular flexibility index (Phi) is 6.66. The van der Waals surface area contributed by atoms with Gasteiger partial charge in [0, 0.05) is 20.2 Å². The number of aromatic nitrogens is 1. The van der Waals surface area contributed by atoms with Gasteiger partial charge in [0.15, 0.2) is 6.79 Å². The molecule has 0 saturated carbocycles. The van der Waals surface area contributed by atoms with Gasteiger partial charge in [0.25, 0.3) is 0 Å². The Morgan fingerprint density at radius 1 is 1.25 bits per heavy atom. The summed E-state index contributed by atoms with van der Waals surface area (Å²) in [5.74, 6) is 1.25. The van der Waals surface area contributed by atoms with Gasteiger partial charge in [0.05, 0.1) is 14.7 Å². The van der Waals surface area contributed by atoms with Crippen LogP contribution in [0, 0.1) is 6.92 Å². The van der Waals surface area contributed by atoms with Crippen molar-refractivity contribution in [3.05, 3.63) is 50.9 Å². The Balaban J connectivity index is 1.80. The molecule has 0 fully saturated rings. The third-order valence-electron chi connectivity index (χ3n) is 3.82. The molecule has 1 N–H and O–H groups in total. The molecule has 3 rings (SSSR count). The fourth-order valence-electron chi connectivity index (χ4n) is 2.44. The first-order valence-electron chi connectivity index (χ1n) is 8.40. The van der Waals surface area contributed by atoms with E-state index in [1.807, 2.05) is 49.4 Å². The van der Waals surface area contributed by atoms with E-state index in [9.17, 15) is 4.79 Å². The van der Waals surface area contributed by atoms with Crippen LogP contribution in [0.1, 0.15) is 16.1 Å². The summed E-state index contributed by atoms with van der Waals surface area (Å²) in [5, 5.41) is 3.31. The Labute approximate surface area is 175 Å². The van der Waals surface area contributed by atoms with Crippen LogP contribution in [-0.2, 0) is 4.74 Å². The van der Waals surface area contributed by atoms with Crippen molar-refractivity contribution in [3.8, 4) is 11.5 Å². The molecule has 1 aromatic heterocycles. The molecule has 8 heteroatoms. The number of fused-ring (bicyclic) bond motifs is 1. The van der Waals surface area contributed by atoms with Gasteiger partial charge in [0.2, 0.25) is 0 Å². The monoisotopic (exact) mass is 462 g/mol. The van der Waals surface area contributed by atoms with Gasteiger partial charge >= 0.3 is 6.09 Å². The lowest BCUT2D eigenvalue weighted by atomic mass is 10.2. The molecule has 0 atom stereocenters. The number of rotatable bonds is 6. The number of aryl methyl sites for hydroxylation is 1. The maximum Gasteiger partial charge on any atom is 0.412 e. The van der Waals surface area contributed by atoms with Crippen LogP contribution in [0.4, 0.5) is 4.79 Å². The summed E-state index contributed by atoms with van der Waals surface area (Å²) < 4.78 is 17.5. The first-order chi connectivity index (χ1) is 13.5. The van der Waals surface area contributed by atoms with E-state index in [0.29, 0.717) is 5.75 Å². The van der Waals surface area contributed by atoms with Crippen LogP contribution in [0.15, 0.2) is 34.8 Å². The van der Waals surface area contributed by atoms with Crippen molar-refractivity contribution >= 4 is 55.7 Å². The third-order valence-corrected chi connectivity index (χ3v) is 5.42. The van der Waals surface area contributed by atoms with E-state index < -0.39 is 6.09 Å². The number of halogens is 1. The summed E-state index contributed by atoms with van der Waals surface area (Å²) in [6.45, 7) is 2.09. The molecule has 0 bridgehead atoms. The lowest BCUT2D eigenvalue weighted by Gasteiger charge is -2.07. The number of thiazole rings is 1. The topological polar surface area (TPSA) is 69.7 Å². The maximum atomic E-state index is 11.5. The number of carbonyl (C=O) groups is 1. The highest BCUT2D eigenvalue weighted by atomic mass is 79.9. The minimum atomic E-state index is -0.490. The molecular formula is C20H19BrN2O4S.